The van der Waals surface area contributed by atoms with Gasteiger partial charge in [0.15, 0.2) is 0 Å². The van der Waals surface area contributed by atoms with E-state index in [0.717, 1.165) is 50.0 Å². The maximum Gasteiger partial charge on any atom is 0.145 e. The van der Waals surface area contributed by atoms with Gasteiger partial charge in [-0.15, -0.1) is 0 Å². The van der Waals surface area contributed by atoms with Crippen molar-refractivity contribution >= 4 is 54.9 Å². The Bertz CT molecular complexity index is 3530. The highest BCUT2D eigenvalue weighted by molar-refractivity contribution is 6.22. The Morgan fingerprint density at radius 3 is 1.56 bits per heavy atom. The van der Waals surface area contributed by atoms with Crippen LogP contribution in [0.25, 0.3) is 93.7 Å². The van der Waals surface area contributed by atoms with Crippen LogP contribution in [0, 0.1) is 0 Å². The summed E-state index contributed by atoms with van der Waals surface area (Å²) in [6, 6.07) is 80.4. The van der Waals surface area contributed by atoms with Gasteiger partial charge in [-0.1, -0.05) is 218 Å². The quantitative estimate of drug-likeness (QED) is 0.163. The molecule has 64 heavy (non-hydrogen) atoms. The Balaban J connectivity index is 0.959. The highest BCUT2D eigenvalue weighted by Gasteiger charge is 2.23. The van der Waals surface area contributed by atoms with Crippen LogP contribution in [-0.2, 0) is 0 Å². The molecule has 0 amide bonds. The van der Waals surface area contributed by atoms with Crippen LogP contribution < -0.4 is 5.32 Å². The third-order valence-corrected chi connectivity index (χ3v) is 12.8. The lowest BCUT2D eigenvalue weighted by molar-refractivity contribution is 0.664. The molecule has 0 aliphatic carbocycles. The number of furan rings is 1. The molecule has 1 N–H and O–H groups in total. The molecular weight excluding hydrogens is 777 g/mol. The van der Waals surface area contributed by atoms with Crippen molar-refractivity contribution in [1.82, 2.24) is 5.32 Å². The molecule has 2 heterocycles. The van der Waals surface area contributed by atoms with Gasteiger partial charge in [0, 0.05) is 28.5 Å². The summed E-state index contributed by atoms with van der Waals surface area (Å²) in [5.41, 5.74) is 16.7. The summed E-state index contributed by atoms with van der Waals surface area (Å²) in [5, 5.41) is 11.0. The number of allylic oxidation sites excluding steroid dienone is 1. The first-order chi connectivity index (χ1) is 31.7. The molecule has 0 saturated carbocycles. The van der Waals surface area contributed by atoms with E-state index in [1.54, 1.807) is 0 Å². The van der Waals surface area contributed by atoms with Crippen molar-refractivity contribution in [2.24, 2.45) is 4.99 Å². The van der Waals surface area contributed by atoms with Crippen LogP contribution in [0.2, 0.25) is 0 Å². The van der Waals surface area contributed by atoms with Gasteiger partial charge in [0.05, 0.1) is 5.71 Å². The van der Waals surface area contributed by atoms with Crippen LogP contribution in [-0.4, -0.2) is 5.71 Å². The van der Waals surface area contributed by atoms with Crippen LogP contribution >= 0.6 is 0 Å². The molecule has 1 atom stereocenters. The predicted octanol–water partition coefficient (Wildman–Crippen LogP) is 16.1. The van der Waals surface area contributed by atoms with Crippen LogP contribution in [0.15, 0.2) is 240 Å². The number of nitrogens with one attached hydrogen (secondary N) is 1. The monoisotopic (exact) mass is 818 g/mol. The first-order valence-corrected chi connectivity index (χ1v) is 22.0. The van der Waals surface area contributed by atoms with Gasteiger partial charge in [0.1, 0.15) is 17.3 Å². The normalized spacial score (nSPS) is 14.0. The molecule has 0 saturated heterocycles. The molecule has 0 spiro atoms. The molecule has 302 valence electrons. The number of aliphatic imine (C=N–C) groups is 1. The van der Waals surface area contributed by atoms with Crippen LogP contribution in [0.3, 0.4) is 0 Å². The van der Waals surface area contributed by atoms with Crippen LogP contribution in [0.5, 0.6) is 0 Å². The summed E-state index contributed by atoms with van der Waals surface area (Å²) < 4.78 is 6.55. The van der Waals surface area contributed by atoms with Gasteiger partial charge in [-0.2, -0.15) is 0 Å². The van der Waals surface area contributed by atoms with Crippen molar-refractivity contribution in [3.05, 3.63) is 247 Å². The fourth-order valence-corrected chi connectivity index (χ4v) is 9.76. The minimum absolute atomic E-state index is 0.327. The molecule has 1 aliphatic heterocycles. The summed E-state index contributed by atoms with van der Waals surface area (Å²) in [7, 11) is 0. The average Bonchev–Trinajstić information content (AvgIpc) is 3.61. The van der Waals surface area contributed by atoms with Gasteiger partial charge >= 0.3 is 0 Å². The molecular formula is C61H42N2O. The highest BCUT2D eigenvalue weighted by atomic mass is 16.3. The van der Waals surface area contributed by atoms with Crippen molar-refractivity contribution in [3.8, 4) is 44.5 Å². The lowest BCUT2D eigenvalue weighted by atomic mass is 9.84. The number of hydrogen-bond acceptors (Lipinski definition) is 3. The van der Waals surface area contributed by atoms with Crippen molar-refractivity contribution in [3.63, 3.8) is 0 Å². The van der Waals surface area contributed by atoms with Gasteiger partial charge in [0.25, 0.3) is 0 Å². The second-order valence-corrected chi connectivity index (χ2v) is 16.5. The Morgan fingerprint density at radius 1 is 0.375 bits per heavy atom. The molecule has 0 fully saturated rings. The zero-order valence-electron chi connectivity index (χ0n) is 35.1. The number of benzene rings is 10. The maximum absolute atomic E-state index is 6.55. The number of para-hydroxylation sites is 2. The third-order valence-electron chi connectivity index (χ3n) is 12.8. The summed E-state index contributed by atoms with van der Waals surface area (Å²) in [4.78, 5) is 5.50. The highest BCUT2D eigenvalue weighted by Crippen LogP contribution is 2.46. The number of nitrogens with zero attached hydrogens (tertiary/aromatic N) is 1. The topological polar surface area (TPSA) is 37.5 Å². The van der Waals surface area contributed by atoms with Gasteiger partial charge < -0.3 is 9.73 Å². The Kier molecular flexibility index (Phi) is 9.31. The Labute approximate surface area is 372 Å². The second-order valence-electron chi connectivity index (χ2n) is 16.5. The van der Waals surface area contributed by atoms with Gasteiger partial charge in [0.2, 0.25) is 0 Å². The smallest absolute Gasteiger partial charge is 0.145 e. The molecule has 0 bridgehead atoms. The van der Waals surface area contributed by atoms with Crippen molar-refractivity contribution in [2.75, 3.05) is 0 Å². The van der Waals surface area contributed by atoms with Crippen LogP contribution in [0.4, 0.5) is 0 Å². The molecule has 1 unspecified atom stereocenters. The molecule has 0 radical (unpaired) electrons. The number of fused-ring (bicyclic) bond motifs is 5. The molecule has 10 aromatic carbocycles. The Morgan fingerprint density at radius 2 is 0.875 bits per heavy atom. The van der Waals surface area contributed by atoms with Crippen molar-refractivity contribution in [1.29, 1.82) is 0 Å². The zero-order chi connectivity index (χ0) is 42.4. The van der Waals surface area contributed by atoms with E-state index in [2.05, 4.69) is 224 Å². The summed E-state index contributed by atoms with van der Waals surface area (Å²) in [5.74, 6) is 0. The summed E-state index contributed by atoms with van der Waals surface area (Å²) >= 11 is 0. The zero-order valence-corrected chi connectivity index (χ0v) is 35.1. The van der Waals surface area contributed by atoms with Gasteiger partial charge in [-0.25, -0.2) is 0 Å². The van der Waals surface area contributed by atoms with E-state index in [9.17, 15) is 0 Å². The molecule has 12 rings (SSSR count). The van der Waals surface area contributed by atoms with E-state index in [1.807, 2.05) is 12.1 Å². The fourth-order valence-electron chi connectivity index (χ4n) is 9.76. The van der Waals surface area contributed by atoms with E-state index in [1.165, 1.54) is 66.1 Å². The van der Waals surface area contributed by atoms with Gasteiger partial charge in [-0.05, 0) is 89.3 Å². The number of hydrogen-bond donors (Lipinski definition) is 1. The number of rotatable bonds is 7. The van der Waals surface area contributed by atoms with E-state index >= 15 is 0 Å². The SMILES string of the molecule is C1=C(c2ccc(-c3c4ccccc4c(-c4ccccc4-c4ccccc4)c4ccccc34)cc2)NC(c2ccc(-c3ccccc3)cc2)N=C(c2cccc3c2oc2ccccc23)C1. The minimum atomic E-state index is -0.327. The predicted molar refractivity (Wildman–Crippen MR) is 268 cm³/mol. The lowest BCUT2D eigenvalue weighted by Gasteiger charge is -2.20. The first kappa shape index (κ1) is 37.5. The first-order valence-electron chi connectivity index (χ1n) is 22.0. The molecule has 3 heteroatoms. The standard InChI is InChI=1S/C61H42N2O/c1-3-16-40(17-4-1)41-30-36-45(37-31-41)61-62-55(38-39-56(63-61)54-28-15-27-53-47-21-13-14-29-57(47)64-60(53)54)43-32-34-44(35-33-43)58-49-23-9-11-25-51(49)59(52-26-12-10-24-50(52)58)48-22-8-7-20-46(48)42-18-5-2-6-19-42/h1-38,61-62H,39H2. The third kappa shape index (κ3) is 6.58. The van der Waals surface area contributed by atoms with E-state index in [0.29, 0.717) is 6.42 Å². The Hall–Kier alpha value is -8.27. The molecule has 3 nitrogen and oxygen atoms in total. The van der Waals surface area contributed by atoms with E-state index < -0.39 is 0 Å². The summed E-state index contributed by atoms with van der Waals surface area (Å²) in [6.07, 6.45) is 2.60. The van der Waals surface area contributed by atoms with Gasteiger partial charge in [-0.3, -0.25) is 4.99 Å². The van der Waals surface area contributed by atoms with E-state index in [4.69, 9.17) is 9.41 Å². The van der Waals surface area contributed by atoms with Crippen LogP contribution in [0.1, 0.15) is 29.3 Å². The fraction of sp³-hybridized carbons (Fsp3) is 0.0328. The molecule has 11 aromatic rings. The second kappa shape index (κ2) is 15.9. The largest absolute Gasteiger partial charge is 0.455 e. The van der Waals surface area contributed by atoms with E-state index in [-0.39, 0.29) is 6.17 Å². The average molecular weight is 819 g/mol. The minimum Gasteiger partial charge on any atom is -0.455 e. The van der Waals surface area contributed by atoms with Crippen molar-refractivity contribution < 1.29 is 4.42 Å². The molecule has 1 aliphatic rings. The van der Waals surface area contributed by atoms with Crippen molar-refractivity contribution in [2.45, 2.75) is 12.6 Å². The molecule has 1 aromatic heterocycles. The maximum atomic E-state index is 6.55. The lowest BCUT2D eigenvalue weighted by Crippen LogP contribution is -2.18. The summed E-state index contributed by atoms with van der Waals surface area (Å²) in [6.45, 7) is 0.